The van der Waals surface area contributed by atoms with Crippen molar-refractivity contribution < 1.29 is 9.90 Å². The summed E-state index contributed by atoms with van der Waals surface area (Å²) < 4.78 is 0. The van der Waals surface area contributed by atoms with E-state index in [-0.39, 0.29) is 0 Å². The predicted octanol–water partition coefficient (Wildman–Crippen LogP) is 2.90. The van der Waals surface area contributed by atoms with Crippen LogP contribution < -0.4 is 0 Å². The lowest BCUT2D eigenvalue weighted by molar-refractivity contribution is -0.152. The first-order valence-electron chi connectivity index (χ1n) is 7.11. The number of carboxylic acid groups (broad SMARTS) is 1. The lowest BCUT2D eigenvalue weighted by atomic mass is 9.76. The molecule has 2 fully saturated rings. The van der Waals surface area contributed by atoms with Crippen LogP contribution in [0, 0.1) is 5.92 Å². The predicted molar refractivity (Wildman–Crippen MR) is 68.0 cm³/mol. The smallest absolute Gasteiger partial charge is 0.323 e. The summed E-state index contributed by atoms with van der Waals surface area (Å²) in [6, 6.07) is 0. The molecule has 1 aliphatic carbocycles. The van der Waals surface area contributed by atoms with Crippen molar-refractivity contribution >= 4 is 5.97 Å². The largest absolute Gasteiger partial charge is 0.480 e. The fraction of sp³-hybridized carbons (Fsp3) is 0.929. The van der Waals surface area contributed by atoms with Gasteiger partial charge in [-0.15, -0.1) is 0 Å². The molecule has 0 aromatic heterocycles. The molecule has 1 unspecified atom stereocenters. The number of hydrogen-bond donors (Lipinski definition) is 1. The second-order valence-corrected chi connectivity index (χ2v) is 5.98. The Morgan fingerprint density at radius 2 is 1.76 bits per heavy atom. The molecule has 98 valence electrons. The summed E-state index contributed by atoms with van der Waals surface area (Å²) in [4.78, 5) is 13.9. The Kier molecular flexibility index (Phi) is 4.08. The molecule has 1 N–H and O–H groups in total. The molecule has 1 atom stereocenters. The SMILES string of the molecule is CC(CC1CCC1)(C(=O)O)N1CCCCCC1. The Labute approximate surface area is 104 Å². The zero-order chi connectivity index (χ0) is 12.3. The van der Waals surface area contributed by atoms with E-state index >= 15 is 0 Å². The summed E-state index contributed by atoms with van der Waals surface area (Å²) in [6.45, 7) is 3.88. The molecular weight excluding hydrogens is 214 g/mol. The fourth-order valence-corrected chi connectivity index (χ4v) is 3.17. The molecular formula is C14H25NO2. The van der Waals surface area contributed by atoms with Crippen LogP contribution in [0.5, 0.6) is 0 Å². The second kappa shape index (κ2) is 5.38. The highest BCUT2D eigenvalue weighted by Gasteiger charge is 2.42. The molecule has 0 bridgehead atoms. The molecule has 2 aliphatic rings. The van der Waals surface area contributed by atoms with Crippen LogP contribution in [0.15, 0.2) is 0 Å². The van der Waals surface area contributed by atoms with Crippen molar-refractivity contribution in [1.29, 1.82) is 0 Å². The normalized spacial score (nSPS) is 26.9. The molecule has 3 heteroatoms. The van der Waals surface area contributed by atoms with Gasteiger partial charge in [0.15, 0.2) is 0 Å². The number of carbonyl (C=O) groups is 1. The van der Waals surface area contributed by atoms with Crippen LogP contribution in [0.4, 0.5) is 0 Å². The van der Waals surface area contributed by atoms with Crippen molar-refractivity contribution in [2.24, 2.45) is 5.92 Å². The van der Waals surface area contributed by atoms with E-state index in [2.05, 4.69) is 4.90 Å². The quantitative estimate of drug-likeness (QED) is 0.820. The Hall–Kier alpha value is -0.570. The maximum Gasteiger partial charge on any atom is 0.323 e. The Morgan fingerprint density at radius 1 is 1.18 bits per heavy atom. The van der Waals surface area contributed by atoms with E-state index in [0.717, 1.165) is 32.4 Å². The lowest BCUT2D eigenvalue weighted by Gasteiger charge is -2.41. The van der Waals surface area contributed by atoms with Crippen LogP contribution in [0.1, 0.15) is 58.3 Å². The second-order valence-electron chi connectivity index (χ2n) is 5.98. The van der Waals surface area contributed by atoms with Crippen molar-refractivity contribution in [2.45, 2.75) is 63.8 Å². The topological polar surface area (TPSA) is 40.5 Å². The van der Waals surface area contributed by atoms with E-state index in [1.54, 1.807) is 0 Å². The van der Waals surface area contributed by atoms with Crippen LogP contribution >= 0.6 is 0 Å². The molecule has 17 heavy (non-hydrogen) atoms. The maximum atomic E-state index is 11.7. The van der Waals surface area contributed by atoms with Gasteiger partial charge < -0.3 is 5.11 Å². The minimum absolute atomic E-state index is 0.616. The van der Waals surface area contributed by atoms with Crippen LogP contribution in [-0.2, 0) is 4.79 Å². The molecule has 1 aliphatic heterocycles. The molecule has 0 aromatic rings. The first kappa shape index (κ1) is 12.9. The number of likely N-dealkylation sites (tertiary alicyclic amines) is 1. The van der Waals surface area contributed by atoms with Gasteiger partial charge in [0.25, 0.3) is 0 Å². The van der Waals surface area contributed by atoms with Crippen molar-refractivity contribution in [3.63, 3.8) is 0 Å². The van der Waals surface area contributed by atoms with Gasteiger partial charge in [-0.05, 0) is 45.2 Å². The molecule has 0 radical (unpaired) electrons. The first-order chi connectivity index (χ1) is 8.13. The van der Waals surface area contributed by atoms with E-state index in [9.17, 15) is 9.90 Å². The van der Waals surface area contributed by atoms with E-state index < -0.39 is 11.5 Å². The third kappa shape index (κ3) is 2.82. The van der Waals surface area contributed by atoms with Crippen molar-refractivity contribution in [1.82, 2.24) is 4.90 Å². The summed E-state index contributed by atoms with van der Waals surface area (Å²) in [5, 5.41) is 9.60. The number of rotatable bonds is 4. The average molecular weight is 239 g/mol. The highest BCUT2D eigenvalue weighted by molar-refractivity contribution is 5.78. The molecule has 3 nitrogen and oxygen atoms in total. The summed E-state index contributed by atoms with van der Waals surface area (Å²) in [5.41, 5.74) is -0.616. The van der Waals surface area contributed by atoms with Gasteiger partial charge in [0, 0.05) is 0 Å². The third-order valence-electron chi connectivity index (χ3n) is 4.68. The standard InChI is InChI=1S/C14H25NO2/c1-14(13(16)17,11-12-7-6-8-12)15-9-4-2-3-5-10-15/h12H,2-11H2,1H3,(H,16,17). The highest BCUT2D eigenvalue weighted by Crippen LogP contribution is 2.37. The van der Waals surface area contributed by atoms with E-state index in [4.69, 9.17) is 0 Å². The van der Waals surface area contributed by atoms with Crippen LogP contribution in [0.2, 0.25) is 0 Å². The van der Waals surface area contributed by atoms with Gasteiger partial charge in [-0.1, -0.05) is 32.1 Å². The molecule has 0 aromatic carbocycles. The number of aliphatic carboxylic acids is 1. The van der Waals surface area contributed by atoms with Crippen LogP contribution in [0.25, 0.3) is 0 Å². The zero-order valence-corrected chi connectivity index (χ0v) is 11.0. The minimum atomic E-state index is -0.619. The molecule has 0 spiro atoms. The highest BCUT2D eigenvalue weighted by atomic mass is 16.4. The van der Waals surface area contributed by atoms with Gasteiger partial charge in [-0.2, -0.15) is 0 Å². The fourth-order valence-electron chi connectivity index (χ4n) is 3.17. The molecule has 1 saturated carbocycles. The van der Waals surface area contributed by atoms with E-state index in [0.29, 0.717) is 5.92 Å². The van der Waals surface area contributed by atoms with Gasteiger partial charge in [0.1, 0.15) is 5.54 Å². The molecule has 1 heterocycles. The first-order valence-corrected chi connectivity index (χ1v) is 7.11. The monoisotopic (exact) mass is 239 g/mol. The summed E-state index contributed by atoms with van der Waals surface area (Å²) in [7, 11) is 0. The summed E-state index contributed by atoms with van der Waals surface area (Å²) in [5.74, 6) is 0.0330. The molecule has 0 amide bonds. The van der Waals surface area contributed by atoms with Gasteiger partial charge >= 0.3 is 5.97 Å². The molecule has 1 saturated heterocycles. The number of nitrogens with zero attached hydrogens (tertiary/aromatic N) is 1. The summed E-state index contributed by atoms with van der Waals surface area (Å²) in [6.07, 6.45) is 9.45. The van der Waals surface area contributed by atoms with Crippen molar-refractivity contribution in [3.8, 4) is 0 Å². The van der Waals surface area contributed by atoms with Crippen molar-refractivity contribution in [3.05, 3.63) is 0 Å². The van der Waals surface area contributed by atoms with Gasteiger partial charge in [0.2, 0.25) is 0 Å². The summed E-state index contributed by atoms with van der Waals surface area (Å²) >= 11 is 0. The van der Waals surface area contributed by atoms with Gasteiger partial charge in [-0.25, -0.2) is 0 Å². The lowest BCUT2D eigenvalue weighted by Crippen LogP contribution is -2.54. The number of carboxylic acids is 1. The average Bonchev–Trinajstić information content (AvgIpc) is 2.51. The van der Waals surface area contributed by atoms with Crippen LogP contribution in [0.3, 0.4) is 0 Å². The zero-order valence-electron chi connectivity index (χ0n) is 11.0. The van der Waals surface area contributed by atoms with E-state index in [1.165, 1.54) is 32.1 Å². The van der Waals surface area contributed by atoms with Crippen LogP contribution in [-0.4, -0.2) is 34.6 Å². The third-order valence-corrected chi connectivity index (χ3v) is 4.68. The van der Waals surface area contributed by atoms with Gasteiger partial charge in [-0.3, -0.25) is 9.69 Å². The number of hydrogen-bond acceptors (Lipinski definition) is 2. The van der Waals surface area contributed by atoms with Crippen molar-refractivity contribution in [2.75, 3.05) is 13.1 Å². The Bertz CT molecular complexity index is 267. The molecule has 2 rings (SSSR count). The Balaban J connectivity index is 2.04. The van der Waals surface area contributed by atoms with Gasteiger partial charge in [0.05, 0.1) is 0 Å². The minimum Gasteiger partial charge on any atom is -0.480 e. The Morgan fingerprint density at radius 3 is 2.18 bits per heavy atom. The van der Waals surface area contributed by atoms with E-state index in [1.807, 2.05) is 6.92 Å². The maximum absolute atomic E-state index is 11.7.